The van der Waals surface area contributed by atoms with Gasteiger partial charge in [-0.2, -0.15) is 0 Å². The van der Waals surface area contributed by atoms with Crippen LogP contribution in [0.25, 0.3) is 0 Å². The lowest BCUT2D eigenvalue weighted by molar-refractivity contribution is -0.0703. The Bertz CT molecular complexity index is 623. The van der Waals surface area contributed by atoms with Crippen LogP contribution in [-0.4, -0.2) is 43.0 Å². The van der Waals surface area contributed by atoms with E-state index in [0.29, 0.717) is 13.2 Å². The molecule has 126 valence electrons. The van der Waals surface area contributed by atoms with Crippen molar-refractivity contribution < 1.29 is 31.5 Å². The fourth-order valence-electron chi connectivity index (χ4n) is 3.33. The molecule has 1 aromatic carbocycles. The topological polar surface area (TPSA) is 29.5 Å². The minimum absolute atomic E-state index is 0.113. The highest BCUT2D eigenvalue weighted by atomic mass is 19.2. The highest BCUT2D eigenvalue weighted by Crippen LogP contribution is 2.34. The van der Waals surface area contributed by atoms with Crippen molar-refractivity contribution in [1.82, 2.24) is 4.90 Å². The fourth-order valence-corrected chi connectivity index (χ4v) is 3.33. The molecule has 2 heterocycles. The molecule has 0 spiro atoms. The predicted octanol–water partition coefficient (Wildman–Crippen LogP) is 2.67. The normalized spacial score (nSPS) is 28.0. The maximum atomic E-state index is 13.8. The average Bonchev–Trinajstić information content (AvgIpc) is 2.51. The van der Waals surface area contributed by atoms with Gasteiger partial charge in [0.2, 0.25) is 5.82 Å². The van der Waals surface area contributed by atoms with Crippen molar-refractivity contribution in [2.75, 3.05) is 20.3 Å². The van der Waals surface area contributed by atoms with Crippen LogP contribution in [-0.2, 0) is 4.74 Å². The van der Waals surface area contributed by atoms with Gasteiger partial charge < -0.3 is 4.74 Å². The number of morpholine rings is 1. The molecule has 23 heavy (non-hydrogen) atoms. The number of rotatable bonds is 2. The average molecular weight is 335 g/mol. The summed E-state index contributed by atoms with van der Waals surface area (Å²) in [6.07, 6.45) is 0.511. The Morgan fingerprint density at radius 2 is 1.35 bits per heavy atom. The molecular weight excluding hydrogens is 321 g/mol. The van der Waals surface area contributed by atoms with Gasteiger partial charge in [0, 0.05) is 18.0 Å². The number of hydrogen-bond acceptors (Lipinski definition) is 3. The molecule has 2 atom stereocenters. The molecule has 0 aliphatic carbocycles. The summed E-state index contributed by atoms with van der Waals surface area (Å²) >= 11 is 0. The summed E-state index contributed by atoms with van der Waals surface area (Å²) in [6.45, 7) is 0.738. The van der Waals surface area contributed by atoms with Crippen LogP contribution in [0, 0.1) is 35.0 Å². The number of nitrogens with zero attached hydrogens (tertiary/aromatic N) is 1. The Labute approximate surface area is 129 Å². The second-order valence-electron chi connectivity index (χ2n) is 5.99. The minimum Gasteiger partial charge on any atom is -0.378 e. The summed E-state index contributed by atoms with van der Waals surface area (Å²) in [6, 6.07) is -0.226. The van der Waals surface area contributed by atoms with Gasteiger partial charge in [-0.3, -0.25) is 9.69 Å². The van der Waals surface area contributed by atoms with Crippen LogP contribution in [0.15, 0.2) is 0 Å². The van der Waals surface area contributed by atoms with E-state index in [2.05, 4.69) is 0 Å². The number of ketones is 1. The monoisotopic (exact) mass is 335 g/mol. The summed E-state index contributed by atoms with van der Waals surface area (Å²) in [5.74, 6) is -12.4. The predicted molar refractivity (Wildman–Crippen MR) is 69.4 cm³/mol. The number of hydrogen-bond donors (Lipinski definition) is 0. The van der Waals surface area contributed by atoms with E-state index in [1.54, 1.807) is 0 Å². The van der Waals surface area contributed by atoms with E-state index in [-0.39, 0.29) is 24.9 Å². The van der Waals surface area contributed by atoms with Crippen LogP contribution in [0.3, 0.4) is 0 Å². The van der Waals surface area contributed by atoms with Crippen molar-refractivity contribution >= 4 is 5.78 Å². The number of likely N-dealkylation sites (N-methyl/N-ethyl adjacent to an activating group) is 1. The van der Waals surface area contributed by atoms with Crippen molar-refractivity contribution in [2.45, 2.75) is 24.9 Å². The van der Waals surface area contributed by atoms with Crippen LogP contribution in [0.1, 0.15) is 23.2 Å². The zero-order valence-corrected chi connectivity index (χ0v) is 12.2. The molecule has 2 saturated heterocycles. The number of halogens is 5. The van der Waals surface area contributed by atoms with E-state index in [9.17, 15) is 26.7 Å². The second-order valence-corrected chi connectivity index (χ2v) is 5.99. The quantitative estimate of drug-likeness (QED) is 0.360. The fraction of sp³-hybridized carbons (Fsp3) is 0.533. The Morgan fingerprint density at radius 1 is 0.913 bits per heavy atom. The maximum Gasteiger partial charge on any atom is 0.200 e. The molecule has 0 radical (unpaired) electrons. The molecule has 1 aromatic rings. The smallest absolute Gasteiger partial charge is 0.200 e. The number of benzene rings is 1. The van der Waals surface area contributed by atoms with Gasteiger partial charge in [-0.05, 0) is 19.9 Å². The first kappa shape index (κ1) is 16.3. The lowest BCUT2D eigenvalue weighted by atomic mass is 9.80. The Kier molecular flexibility index (Phi) is 4.14. The Morgan fingerprint density at radius 3 is 1.83 bits per heavy atom. The molecule has 2 aliphatic rings. The molecule has 0 amide bonds. The van der Waals surface area contributed by atoms with Crippen molar-refractivity contribution in [3.8, 4) is 0 Å². The summed E-state index contributed by atoms with van der Waals surface area (Å²) < 4.78 is 72.6. The van der Waals surface area contributed by atoms with E-state index in [1.807, 2.05) is 11.9 Å². The van der Waals surface area contributed by atoms with Crippen molar-refractivity contribution in [3.63, 3.8) is 0 Å². The van der Waals surface area contributed by atoms with Crippen molar-refractivity contribution in [3.05, 3.63) is 34.6 Å². The largest absolute Gasteiger partial charge is 0.378 e. The lowest BCUT2D eigenvalue weighted by Crippen LogP contribution is -2.55. The number of Topliss-reactive ketones (excluding diaryl/α,β-unsaturated/α-hetero) is 1. The first-order valence-electron chi connectivity index (χ1n) is 7.18. The van der Waals surface area contributed by atoms with Crippen LogP contribution in [0.2, 0.25) is 0 Å². The molecule has 2 aliphatic heterocycles. The standard InChI is InChI=1S/C15H14F5NO2/c1-21-7-2-6(3-8(21)5-23-4-7)15(22)9-10(16)12(18)14(20)13(19)11(9)17/h6-8H,2-5H2,1H3. The third kappa shape index (κ3) is 2.53. The van der Waals surface area contributed by atoms with Crippen molar-refractivity contribution in [2.24, 2.45) is 5.92 Å². The Hall–Kier alpha value is -1.54. The number of carbonyl (C=O) groups is 1. The van der Waals surface area contributed by atoms with E-state index >= 15 is 0 Å². The van der Waals surface area contributed by atoms with Gasteiger partial charge in [0.1, 0.15) is 0 Å². The number of ether oxygens (including phenoxy) is 1. The van der Waals surface area contributed by atoms with Gasteiger partial charge in [0.15, 0.2) is 29.1 Å². The van der Waals surface area contributed by atoms with E-state index in [4.69, 9.17) is 4.74 Å². The molecular formula is C15H14F5NO2. The van der Waals surface area contributed by atoms with E-state index in [1.165, 1.54) is 0 Å². The number of piperidine rings is 1. The zero-order chi connectivity index (χ0) is 16.9. The number of carbonyl (C=O) groups excluding carboxylic acids is 1. The first-order chi connectivity index (χ1) is 10.8. The van der Waals surface area contributed by atoms with Crippen LogP contribution >= 0.6 is 0 Å². The lowest BCUT2D eigenvalue weighted by Gasteiger charge is -2.46. The third-order valence-electron chi connectivity index (χ3n) is 4.71. The molecule has 8 heteroatoms. The van der Waals surface area contributed by atoms with Gasteiger partial charge >= 0.3 is 0 Å². The van der Waals surface area contributed by atoms with Crippen LogP contribution in [0.5, 0.6) is 0 Å². The molecule has 0 saturated carbocycles. The Balaban J connectivity index is 1.96. The molecule has 0 N–H and O–H groups in total. The van der Waals surface area contributed by atoms with E-state index in [0.717, 1.165) is 0 Å². The zero-order valence-electron chi connectivity index (χ0n) is 12.2. The molecule has 2 bridgehead atoms. The molecule has 3 nitrogen and oxygen atoms in total. The van der Waals surface area contributed by atoms with E-state index < -0.39 is 46.4 Å². The highest BCUT2D eigenvalue weighted by molar-refractivity contribution is 5.98. The molecule has 3 rings (SSSR count). The summed E-state index contributed by atoms with van der Waals surface area (Å²) in [5, 5.41) is 0. The van der Waals surface area contributed by atoms with Gasteiger partial charge in [0.25, 0.3) is 0 Å². The number of fused-ring (bicyclic) bond motifs is 2. The van der Waals surface area contributed by atoms with Crippen LogP contribution < -0.4 is 0 Å². The summed E-state index contributed by atoms with van der Waals surface area (Å²) in [4.78, 5) is 14.4. The summed E-state index contributed by atoms with van der Waals surface area (Å²) in [7, 11) is 1.86. The molecule has 0 aromatic heterocycles. The van der Waals surface area contributed by atoms with Gasteiger partial charge in [-0.1, -0.05) is 0 Å². The van der Waals surface area contributed by atoms with Gasteiger partial charge in [0.05, 0.1) is 18.8 Å². The van der Waals surface area contributed by atoms with Crippen molar-refractivity contribution in [1.29, 1.82) is 0 Å². The third-order valence-corrected chi connectivity index (χ3v) is 4.71. The molecule has 2 unspecified atom stereocenters. The molecule has 2 fully saturated rings. The van der Waals surface area contributed by atoms with Gasteiger partial charge in [-0.15, -0.1) is 0 Å². The minimum atomic E-state index is -2.26. The first-order valence-corrected chi connectivity index (χ1v) is 7.18. The van der Waals surface area contributed by atoms with Crippen LogP contribution in [0.4, 0.5) is 22.0 Å². The second kappa shape index (κ2) is 5.83. The maximum absolute atomic E-state index is 13.8. The van der Waals surface area contributed by atoms with Gasteiger partial charge in [-0.25, -0.2) is 22.0 Å². The highest BCUT2D eigenvalue weighted by Gasteiger charge is 2.42. The SMILES string of the molecule is CN1C2COCC1CC(C(=O)c1c(F)c(F)c(F)c(F)c1F)C2. The summed E-state index contributed by atoms with van der Waals surface area (Å²) in [5.41, 5.74) is -1.34.